The van der Waals surface area contributed by atoms with Crippen LogP contribution in [0, 0.1) is 6.92 Å². The summed E-state index contributed by atoms with van der Waals surface area (Å²) in [6, 6.07) is 1.39. The van der Waals surface area contributed by atoms with Crippen molar-refractivity contribution in [1.82, 2.24) is 9.88 Å². The summed E-state index contributed by atoms with van der Waals surface area (Å²) in [5, 5.41) is 1.03. The van der Waals surface area contributed by atoms with E-state index in [1.54, 1.807) is 18.3 Å². The van der Waals surface area contributed by atoms with Crippen LogP contribution in [0.3, 0.4) is 0 Å². The molecule has 1 aromatic heterocycles. The van der Waals surface area contributed by atoms with Gasteiger partial charge in [-0.05, 0) is 33.2 Å². The molecule has 2 fully saturated rings. The second kappa shape index (κ2) is 4.87. The summed E-state index contributed by atoms with van der Waals surface area (Å²) in [6.45, 7) is 5.68. The van der Waals surface area contributed by atoms with E-state index in [2.05, 4.69) is 21.8 Å². The molecule has 2 atom stereocenters. The molecule has 0 aliphatic carbocycles. The fourth-order valence-electron chi connectivity index (χ4n) is 3.33. The van der Waals surface area contributed by atoms with Crippen LogP contribution in [0.15, 0.2) is 0 Å². The largest absolute Gasteiger partial charge is 0.346 e. The van der Waals surface area contributed by atoms with Crippen LogP contribution in [0.2, 0.25) is 0 Å². The van der Waals surface area contributed by atoms with Crippen molar-refractivity contribution in [1.29, 1.82) is 0 Å². The third kappa shape index (κ3) is 2.30. The van der Waals surface area contributed by atoms with Gasteiger partial charge in [0.05, 0.1) is 10.6 Å². The van der Waals surface area contributed by atoms with Crippen molar-refractivity contribution >= 4 is 22.3 Å². The van der Waals surface area contributed by atoms with Crippen molar-refractivity contribution in [2.75, 3.05) is 25.0 Å². The number of fused-ring (bicyclic) bond motifs is 2. The molecule has 2 aliphatic heterocycles. The topological polar surface area (TPSA) is 36.4 Å². The Bertz CT molecular complexity index is 499. The summed E-state index contributed by atoms with van der Waals surface area (Å²) < 4.78 is 0. The Labute approximate surface area is 118 Å². The number of rotatable bonds is 2. The Balaban J connectivity index is 1.83. The number of Topliss-reactive ketones (excluding diaryl/α,β-unsaturated/α-hetero) is 1. The Morgan fingerprint density at radius 3 is 2.74 bits per heavy atom. The van der Waals surface area contributed by atoms with Crippen LogP contribution < -0.4 is 4.90 Å². The van der Waals surface area contributed by atoms with Crippen molar-refractivity contribution in [2.45, 2.75) is 45.2 Å². The molecular weight excluding hydrogens is 258 g/mol. The second-order valence-corrected chi connectivity index (χ2v) is 6.73. The number of hydrogen-bond donors (Lipinski definition) is 0. The molecule has 0 radical (unpaired) electrons. The van der Waals surface area contributed by atoms with E-state index in [9.17, 15) is 4.79 Å². The molecule has 104 valence electrons. The van der Waals surface area contributed by atoms with Crippen molar-refractivity contribution in [3.8, 4) is 0 Å². The first-order valence-corrected chi connectivity index (χ1v) is 7.83. The highest BCUT2D eigenvalue weighted by atomic mass is 32.1. The molecule has 5 heteroatoms. The zero-order chi connectivity index (χ0) is 13.6. The molecule has 3 rings (SSSR count). The molecule has 1 aromatic rings. The Morgan fingerprint density at radius 2 is 2.05 bits per heavy atom. The van der Waals surface area contributed by atoms with E-state index in [0.29, 0.717) is 6.04 Å². The van der Waals surface area contributed by atoms with Gasteiger partial charge in [0.2, 0.25) is 0 Å². The van der Waals surface area contributed by atoms with Gasteiger partial charge in [0.1, 0.15) is 0 Å². The Kier molecular flexibility index (Phi) is 3.35. The molecule has 0 saturated carbocycles. The van der Waals surface area contributed by atoms with Gasteiger partial charge in [-0.2, -0.15) is 0 Å². The van der Waals surface area contributed by atoms with Gasteiger partial charge in [0.25, 0.3) is 0 Å². The van der Waals surface area contributed by atoms with Gasteiger partial charge in [-0.15, -0.1) is 0 Å². The Morgan fingerprint density at radius 1 is 1.32 bits per heavy atom. The van der Waals surface area contributed by atoms with E-state index in [0.717, 1.165) is 34.8 Å². The lowest BCUT2D eigenvalue weighted by molar-refractivity contribution is 0.102. The van der Waals surface area contributed by atoms with E-state index >= 15 is 0 Å². The van der Waals surface area contributed by atoms with Crippen LogP contribution in [0.4, 0.5) is 5.13 Å². The smallest absolute Gasteiger partial charge is 0.186 e. The maximum atomic E-state index is 11.6. The van der Waals surface area contributed by atoms with Crippen LogP contribution in [0.25, 0.3) is 0 Å². The quantitative estimate of drug-likeness (QED) is 0.779. The maximum absolute atomic E-state index is 11.6. The number of thiazole rings is 1. The first kappa shape index (κ1) is 13.1. The highest BCUT2D eigenvalue weighted by Gasteiger charge is 2.35. The molecule has 4 nitrogen and oxygen atoms in total. The van der Waals surface area contributed by atoms with Gasteiger partial charge in [-0.25, -0.2) is 4.98 Å². The van der Waals surface area contributed by atoms with Crippen LogP contribution in [0.5, 0.6) is 0 Å². The minimum absolute atomic E-state index is 0.134. The molecule has 0 aromatic carbocycles. The fourth-order valence-corrected chi connectivity index (χ4v) is 4.32. The fraction of sp³-hybridized carbons (Fsp3) is 0.714. The molecule has 0 N–H and O–H groups in total. The molecule has 0 amide bonds. The van der Waals surface area contributed by atoms with Crippen molar-refractivity contribution in [3.63, 3.8) is 0 Å². The van der Waals surface area contributed by atoms with Gasteiger partial charge in [0.15, 0.2) is 10.9 Å². The summed E-state index contributed by atoms with van der Waals surface area (Å²) in [5.41, 5.74) is 0.885. The summed E-state index contributed by atoms with van der Waals surface area (Å²) in [7, 11) is 2.25. The molecule has 2 bridgehead atoms. The number of aryl methyl sites for hydroxylation is 1. The van der Waals surface area contributed by atoms with E-state index in [4.69, 9.17) is 0 Å². The van der Waals surface area contributed by atoms with Gasteiger partial charge in [-0.3, -0.25) is 9.69 Å². The average molecular weight is 279 g/mol. The summed E-state index contributed by atoms with van der Waals surface area (Å²) in [5.74, 6) is 0.134. The highest BCUT2D eigenvalue weighted by molar-refractivity contribution is 7.17. The predicted octanol–water partition coefficient (Wildman–Crippen LogP) is 2.33. The van der Waals surface area contributed by atoms with Gasteiger partial charge in [-0.1, -0.05) is 11.3 Å². The minimum atomic E-state index is 0.134. The van der Waals surface area contributed by atoms with Crippen molar-refractivity contribution < 1.29 is 4.79 Å². The predicted molar refractivity (Wildman–Crippen MR) is 78.3 cm³/mol. The van der Waals surface area contributed by atoms with E-state index in [1.165, 1.54) is 19.3 Å². The SMILES string of the molecule is CC(=O)c1sc(N2CCC3CCC(C2)N3C)nc1C. The van der Waals surface area contributed by atoms with Gasteiger partial charge < -0.3 is 4.90 Å². The second-order valence-electron chi connectivity index (χ2n) is 5.75. The minimum Gasteiger partial charge on any atom is -0.346 e. The lowest BCUT2D eigenvalue weighted by atomic mass is 10.1. The Hall–Kier alpha value is -0.940. The van der Waals surface area contributed by atoms with Crippen LogP contribution in [-0.4, -0.2) is 47.9 Å². The number of ketones is 1. The number of likely N-dealkylation sites (N-methyl/N-ethyl adjacent to an activating group) is 1. The van der Waals surface area contributed by atoms with E-state index in [-0.39, 0.29) is 5.78 Å². The van der Waals surface area contributed by atoms with Crippen LogP contribution in [0.1, 0.15) is 41.6 Å². The zero-order valence-corrected chi connectivity index (χ0v) is 12.7. The van der Waals surface area contributed by atoms with Gasteiger partial charge >= 0.3 is 0 Å². The van der Waals surface area contributed by atoms with E-state index < -0.39 is 0 Å². The van der Waals surface area contributed by atoms with Crippen molar-refractivity contribution in [2.24, 2.45) is 0 Å². The third-order valence-electron chi connectivity index (χ3n) is 4.52. The average Bonchev–Trinajstić information content (AvgIpc) is 2.81. The summed E-state index contributed by atoms with van der Waals surface area (Å²) in [4.78, 5) is 21.9. The monoisotopic (exact) mass is 279 g/mol. The van der Waals surface area contributed by atoms with E-state index in [1.807, 2.05) is 6.92 Å². The number of carbonyl (C=O) groups is 1. The third-order valence-corrected chi connectivity index (χ3v) is 5.84. The van der Waals surface area contributed by atoms with Crippen molar-refractivity contribution in [3.05, 3.63) is 10.6 Å². The number of carbonyl (C=O) groups excluding carboxylic acids is 1. The van der Waals surface area contributed by atoms with Crippen LogP contribution in [-0.2, 0) is 0 Å². The highest BCUT2D eigenvalue weighted by Crippen LogP contribution is 2.33. The lowest BCUT2D eigenvalue weighted by Crippen LogP contribution is -2.36. The normalized spacial score (nSPS) is 27.6. The zero-order valence-electron chi connectivity index (χ0n) is 11.8. The number of anilines is 1. The summed E-state index contributed by atoms with van der Waals surface area (Å²) in [6.07, 6.45) is 3.84. The number of hydrogen-bond acceptors (Lipinski definition) is 5. The molecule has 2 saturated heterocycles. The van der Waals surface area contributed by atoms with Crippen LogP contribution >= 0.6 is 11.3 Å². The molecule has 2 aliphatic rings. The summed E-state index contributed by atoms with van der Waals surface area (Å²) >= 11 is 1.56. The first-order chi connectivity index (χ1) is 9.06. The lowest BCUT2D eigenvalue weighted by Gasteiger charge is -2.25. The molecule has 19 heavy (non-hydrogen) atoms. The first-order valence-electron chi connectivity index (χ1n) is 7.01. The number of aromatic nitrogens is 1. The molecule has 2 unspecified atom stereocenters. The molecule has 3 heterocycles. The number of nitrogens with zero attached hydrogens (tertiary/aromatic N) is 3. The van der Waals surface area contributed by atoms with Gasteiger partial charge in [0, 0.05) is 32.1 Å². The standard InChI is InChI=1S/C14H21N3OS/c1-9-13(10(2)18)19-14(15-9)17-7-6-11-4-5-12(8-17)16(11)3/h11-12H,4-8H2,1-3H3. The maximum Gasteiger partial charge on any atom is 0.186 e. The molecule has 0 spiro atoms. The molecular formula is C14H21N3OS.